The van der Waals surface area contributed by atoms with Crippen molar-refractivity contribution in [2.75, 3.05) is 0 Å². The van der Waals surface area contributed by atoms with Crippen LogP contribution in [0.25, 0.3) is 0 Å². The van der Waals surface area contributed by atoms with E-state index in [0.717, 1.165) is 15.8 Å². The van der Waals surface area contributed by atoms with Gasteiger partial charge >= 0.3 is 0 Å². The predicted octanol–water partition coefficient (Wildman–Crippen LogP) is 4.78. The van der Waals surface area contributed by atoms with Crippen molar-refractivity contribution in [1.82, 2.24) is 0 Å². The predicted molar refractivity (Wildman–Crippen MR) is 71.4 cm³/mol. The van der Waals surface area contributed by atoms with Crippen LogP contribution in [0.5, 0.6) is 0 Å². The van der Waals surface area contributed by atoms with Crippen molar-refractivity contribution < 1.29 is 0 Å². The minimum Gasteiger partial charge on any atom is -0.120 e. The first-order valence-corrected chi connectivity index (χ1v) is 7.52. The molecule has 2 heteroatoms. The molecule has 0 N–H and O–H groups in total. The quantitative estimate of drug-likeness (QED) is 0.444. The molecular weight excluding hydrogens is 306 g/mol. The van der Waals surface area contributed by atoms with Gasteiger partial charge in [-0.3, -0.25) is 0 Å². The maximum atomic E-state index is 6.48. The van der Waals surface area contributed by atoms with E-state index in [1.54, 1.807) is 0 Å². The van der Waals surface area contributed by atoms with Crippen LogP contribution in [0, 0.1) is 11.8 Å². The van der Waals surface area contributed by atoms with Gasteiger partial charge in [0, 0.05) is 8.80 Å². The fourth-order valence-corrected chi connectivity index (χ4v) is 4.22. The molecule has 0 heterocycles. The average Bonchev–Trinajstić information content (AvgIpc) is 2.27. The highest BCUT2D eigenvalue weighted by Crippen LogP contribution is 2.46. The Kier molecular flexibility index (Phi) is 3.69. The molecule has 14 heavy (non-hydrogen) atoms. The first-order chi connectivity index (χ1) is 6.57. The second-order valence-corrected chi connectivity index (χ2v) is 8.10. The molecule has 0 aromatic rings. The SMILES string of the molecule is C[C@@]1(Cl)CCC2CCC(I)CCC2C1. The van der Waals surface area contributed by atoms with Gasteiger partial charge in [0.1, 0.15) is 0 Å². The summed E-state index contributed by atoms with van der Waals surface area (Å²) >= 11 is 9.11. The summed E-state index contributed by atoms with van der Waals surface area (Å²) in [5.74, 6) is 1.94. The number of hydrogen-bond donors (Lipinski definition) is 0. The summed E-state index contributed by atoms with van der Waals surface area (Å²) < 4.78 is 0.930. The molecule has 0 nitrogen and oxygen atoms in total. The molecule has 2 aliphatic rings. The van der Waals surface area contributed by atoms with Crippen LogP contribution in [0.1, 0.15) is 51.9 Å². The molecule has 0 aromatic carbocycles. The van der Waals surface area contributed by atoms with E-state index in [1.807, 2.05) is 0 Å². The Morgan fingerprint density at radius 3 is 2.43 bits per heavy atom. The van der Waals surface area contributed by atoms with E-state index in [1.165, 1.54) is 44.9 Å². The molecular formula is C12H20ClI. The first-order valence-electron chi connectivity index (χ1n) is 5.90. The zero-order chi connectivity index (χ0) is 10.2. The van der Waals surface area contributed by atoms with E-state index in [4.69, 9.17) is 11.6 Å². The van der Waals surface area contributed by atoms with Crippen LogP contribution >= 0.6 is 34.2 Å². The zero-order valence-electron chi connectivity index (χ0n) is 8.94. The van der Waals surface area contributed by atoms with Gasteiger partial charge in [-0.25, -0.2) is 0 Å². The number of rotatable bonds is 0. The van der Waals surface area contributed by atoms with Gasteiger partial charge in [-0.2, -0.15) is 0 Å². The van der Waals surface area contributed by atoms with Crippen molar-refractivity contribution in [3.05, 3.63) is 0 Å². The molecule has 0 spiro atoms. The Hall–Kier alpha value is 1.02. The lowest BCUT2D eigenvalue weighted by Crippen LogP contribution is -2.32. The Balaban J connectivity index is 1.99. The van der Waals surface area contributed by atoms with E-state index in [0.29, 0.717) is 0 Å². The molecule has 3 unspecified atom stereocenters. The van der Waals surface area contributed by atoms with Gasteiger partial charge in [0.2, 0.25) is 0 Å². The third-order valence-corrected chi connectivity index (χ3v) is 5.68. The van der Waals surface area contributed by atoms with Gasteiger partial charge in [-0.15, -0.1) is 11.6 Å². The van der Waals surface area contributed by atoms with Gasteiger partial charge in [-0.05, 0) is 63.7 Å². The van der Waals surface area contributed by atoms with E-state index in [2.05, 4.69) is 29.5 Å². The third kappa shape index (κ3) is 2.78. The highest BCUT2D eigenvalue weighted by Gasteiger charge is 2.37. The maximum absolute atomic E-state index is 6.48. The molecule has 0 aliphatic heterocycles. The molecule has 2 aliphatic carbocycles. The second-order valence-electron chi connectivity index (χ2n) is 5.43. The molecule has 0 radical (unpaired) electrons. The second kappa shape index (κ2) is 4.48. The van der Waals surface area contributed by atoms with E-state index in [-0.39, 0.29) is 4.87 Å². The number of halogens is 2. The summed E-state index contributed by atoms with van der Waals surface area (Å²) in [6.45, 7) is 2.23. The maximum Gasteiger partial charge on any atom is 0.0421 e. The molecule has 2 saturated carbocycles. The Morgan fingerprint density at radius 2 is 1.71 bits per heavy atom. The van der Waals surface area contributed by atoms with Crippen LogP contribution in [0.4, 0.5) is 0 Å². The van der Waals surface area contributed by atoms with Crippen LogP contribution in [0.3, 0.4) is 0 Å². The smallest absolute Gasteiger partial charge is 0.0421 e. The molecule has 0 saturated heterocycles. The van der Waals surface area contributed by atoms with E-state index in [9.17, 15) is 0 Å². The van der Waals surface area contributed by atoms with Gasteiger partial charge in [0.05, 0.1) is 0 Å². The van der Waals surface area contributed by atoms with Crippen LogP contribution in [0.2, 0.25) is 0 Å². The highest BCUT2D eigenvalue weighted by molar-refractivity contribution is 14.1. The van der Waals surface area contributed by atoms with Crippen LogP contribution in [-0.4, -0.2) is 8.80 Å². The molecule has 0 aromatic heterocycles. The van der Waals surface area contributed by atoms with E-state index < -0.39 is 0 Å². The highest BCUT2D eigenvalue weighted by atomic mass is 127. The molecule has 0 amide bonds. The van der Waals surface area contributed by atoms with Crippen molar-refractivity contribution in [2.45, 2.75) is 60.7 Å². The lowest BCUT2D eigenvalue weighted by molar-refractivity contribution is 0.192. The number of hydrogen-bond acceptors (Lipinski definition) is 0. The van der Waals surface area contributed by atoms with Gasteiger partial charge in [0.15, 0.2) is 0 Å². The van der Waals surface area contributed by atoms with Crippen molar-refractivity contribution in [1.29, 1.82) is 0 Å². The molecule has 4 atom stereocenters. The Morgan fingerprint density at radius 1 is 1.07 bits per heavy atom. The minimum atomic E-state index is 0.117. The Bertz CT molecular complexity index is 202. The fourth-order valence-electron chi connectivity index (χ4n) is 3.19. The minimum absolute atomic E-state index is 0.117. The average molecular weight is 327 g/mol. The van der Waals surface area contributed by atoms with Crippen molar-refractivity contribution in [3.63, 3.8) is 0 Å². The van der Waals surface area contributed by atoms with Gasteiger partial charge < -0.3 is 0 Å². The fraction of sp³-hybridized carbons (Fsp3) is 1.00. The summed E-state index contributed by atoms with van der Waals surface area (Å²) in [5.41, 5.74) is 0. The van der Waals surface area contributed by atoms with Crippen LogP contribution in [0.15, 0.2) is 0 Å². The lowest BCUT2D eigenvalue weighted by Gasteiger charge is -2.38. The molecule has 82 valence electrons. The number of fused-ring (bicyclic) bond motifs is 1. The lowest BCUT2D eigenvalue weighted by atomic mass is 9.72. The van der Waals surface area contributed by atoms with Crippen molar-refractivity contribution in [2.24, 2.45) is 11.8 Å². The summed E-state index contributed by atoms with van der Waals surface area (Å²) in [4.78, 5) is 0.117. The van der Waals surface area contributed by atoms with Gasteiger partial charge in [0.25, 0.3) is 0 Å². The first kappa shape index (κ1) is 11.5. The molecule has 0 bridgehead atoms. The zero-order valence-corrected chi connectivity index (χ0v) is 11.9. The van der Waals surface area contributed by atoms with E-state index >= 15 is 0 Å². The standard InChI is InChI=1S/C12H20ClI/c1-12(13)7-6-9-2-4-11(14)5-3-10(9)8-12/h9-11H,2-8H2,1H3/t9?,10?,11?,12-/m1/s1. The number of alkyl halides is 2. The Labute approximate surface area is 106 Å². The normalized spacial score (nSPS) is 49.5. The third-order valence-electron chi connectivity index (χ3n) is 4.09. The van der Waals surface area contributed by atoms with Crippen molar-refractivity contribution in [3.8, 4) is 0 Å². The summed E-state index contributed by atoms with van der Waals surface area (Å²) in [5, 5.41) is 0. The summed E-state index contributed by atoms with van der Waals surface area (Å²) in [7, 11) is 0. The van der Waals surface area contributed by atoms with Crippen LogP contribution in [-0.2, 0) is 0 Å². The van der Waals surface area contributed by atoms with Crippen LogP contribution < -0.4 is 0 Å². The molecule has 2 rings (SSSR count). The van der Waals surface area contributed by atoms with Crippen molar-refractivity contribution >= 4 is 34.2 Å². The monoisotopic (exact) mass is 326 g/mol. The molecule has 2 fully saturated rings. The van der Waals surface area contributed by atoms with Gasteiger partial charge in [-0.1, -0.05) is 22.6 Å². The topological polar surface area (TPSA) is 0 Å². The summed E-state index contributed by atoms with van der Waals surface area (Å²) in [6, 6.07) is 0. The largest absolute Gasteiger partial charge is 0.120 e. The summed E-state index contributed by atoms with van der Waals surface area (Å²) in [6.07, 6.45) is 9.65.